The van der Waals surface area contributed by atoms with E-state index in [1.165, 1.54) is 32.2 Å². The Kier molecular flexibility index (Phi) is 2.23. The topological polar surface area (TPSA) is 41.1 Å². The molecule has 1 heterocycles. The van der Waals surface area contributed by atoms with Crippen molar-refractivity contribution in [1.29, 1.82) is 0 Å². The lowest BCUT2D eigenvalue weighted by Crippen LogP contribution is -2.38. The summed E-state index contributed by atoms with van der Waals surface area (Å²) in [5, 5.41) is 6.56. The molecule has 1 unspecified atom stereocenters. The van der Waals surface area contributed by atoms with Crippen molar-refractivity contribution in [2.24, 2.45) is 11.3 Å². The zero-order valence-electron chi connectivity index (χ0n) is 9.22. The van der Waals surface area contributed by atoms with Crippen LogP contribution in [0, 0.1) is 11.3 Å². The average molecular weight is 208 g/mol. The highest BCUT2D eigenvalue weighted by Crippen LogP contribution is 2.60. The second-order valence-corrected chi connectivity index (χ2v) is 5.57. The minimum absolute atomic E-state index is 0.227. The van der Waals surface area contributed by atoms with Crippen LogP contribution in [-0.2, 0) is 4.79 Å². The average Bonchev–Trinajstić information content (AvgIpc) is 3.08. The number of amides is 1. The molecule has 0 aromatic heterocycles. The maximum atomic E-state index is 11.0. The first-order valence-corrected chi connectivity index (χ1v) is 6.29. The Hall–Kier alpha value is -0.570. The molecule has 0 aromatic carbocycles. The van der Waals surface area contributed by atoms with Gasteiger partial charge >= 0.3 is 0 Å². The van der Waals surface area contributed by atoms with Crippen LogP contribution in [0.1, 0.15) is 38.5 Å². The van der Waals surface area contributed by atoms with Gasteiger partial charge in [-0.3, -0.25) is 4.79 Å². The normalized spacial score (nSPS) is 32.8. The van der Waals surface area contributed by atoms with Crippen molar-refractivity contribution < 1.29 is 4.79 Å². The molecule has 1 atom stereocenters. The van der Waals surface area contributed by atoms with Crippen LogP contribution in [0.5, 0.6) is 0 Å². The Morgan fingerprint density at radius 1 is 1.33 bits per heavy atom. The molecule has 0 spiro atoms. The van der Waals surface area contributed by atoms with E-state index in [0.717, 1.165) is 25.3 Å². The van der Waals surface area contributed by atoms with Crippen LogP contribution in [0.25, 0.3) is 0 Å². The van der Waals surface area contributed by atoms with Crippen molar-refractivity contribution in [3.05, 3.63) is 0 Å². The fourth-order valence-corrected chi connectivity index (χ4v) is 2.91. The van der Waals surface area contributed by atoms with Crippen molar-refractivity contribution in [2.45, 2.75) is 44.6 Å². The largest absolute Gasteiger partial charge is 0.352 e. The lowest BCUT2D eigenvalue weighted by molar-refractivity contribution is -0.119. The molecule has 84 valence electrons. The molecule has 2 saturated carbocycles. The fourth-order valence-electron chi connectivity index (χ4n) is 2.91. The van der Waals surface area contributed by atoms with Crippen LogP contribution in [0.15, 0.2) is 0 Å². The highest BCUT2D eigenvalue weighted by Gasteiger charge is 2.53. The molecule has 0 aromatic rings. The summed E-state index contributed by atoms with van der Waals surface area (Å²) in [7, 11) is 0. The third-order valence-electron chi connectivity index (χ3n) is 4.29. The summed E-state index contributed by atoms with van der Waals surface area (Å²) in [5.41, 5.74) is 0.683. The van der Waals surface area contributed by atoms with E-state index in [0.29, 0.717) is 11.5 Å². The third-order valence-corrected chi connectivity index (χ3v) is 4.29. The van der Waals surface area contributed by atoms with Gasteiger partial charge in [0.15, 0.2) is 0 Å². The number of hydrogen-bond acceptors (Lipinski definition) is 2. The molecule has 2 N–H and O–H groups in total. The number of carbonyl (C=O) groups is 1. The first-order valence-electron chi connectivity index (χ1n) is 6.29. The van der Waals surface area contributed by atoms with Gasteiger partial charge in [-0.1, -0.05) is 0 Å². The second kappa shape index (κ2) is 3.48. The first kappa shape index (κ1) is 9.64. The smallest absolute Gasteiger partial charge is 0.220 e. The van der Waals surface area contributed by atoms with Crippen LogP contribution in [0.2, 0.25) is 0 Å². The molecule has 3 heteroatoms. The van der Waals surface area contributed by atoms with E-state index in [4.69, 9.17) is 0 Å². The summed E-state index contributed by atoms with van der Waals surface area (Å²) in [6, 6.07) is 0.396. The summed E-state index contributed by atoms with van der Waals surface area (Å²) in [6.45, 7) is 2.16. The number of rotatable bonds is 5. The quantitative estimate of drug-likeness (QED) is 0.709. The molecule has 3 fully saturated rings. The molecule has 3 aliphatic rings. The van der Waals surface area contributed by atoms with E-state index in [9.17, 15) is 4.79 Å². The molecule has 0 bridgehead atoms. The minimum Gasteiger partial charge on any atom is -0.352 e. The van der Waals surface area contributed by atoms with E-state index in [2.05, 4.69) is 10.6 Å². The van der Waals surface area contributed by atoms with E-state index in [-0.39, 0.29) is 5.91 Å². The third kappa shape index (κ3) is 2.03. The van der Waals surface area contributed by atoms with Gasteiger partial charge in [0, 0.05) is 25.6 Å². The number of carbonyl (C=O) groups excluding carboxylic acids is 1. The summed E-state index contributed by atoms with van der Waals surface area (Å²) >= 11 is 0. The fraction of sp³-hybridized carbons (Fsp3) is 0.917. The van der Waals surface area contributed by atoms with Crippen LogP contribution in [0.4, 0.5) is 0 Å². The maximum absolute atomic E-state index is 11.0. The Morgan fingerprint density at radius 3 is 2.67 bits per heavy atom. The zero-order chi connectivity index (χ0) is 10.3. The Bertz CT molecular complexity index is 269. The zero-order valence-corrected chi connectivity index (χ0v) is 9.22. The predicted molar refractivity (Wildman–Crippen MR) is 58.4 cm³/mol. The minimum atomic E-state index is 0.227. The van der Waals surface area contributed by atoms with Gasteiger partial charge in [-0.15, -0.1) is 0 Å². The van der Waals surface area contributed by atoms with Gasteiger partial charge in [0.05, 0.1) is 0 Å². The molecule has 1 aliphatic heterocycles. The van der Waals surface area contributed by atoms with Gasteiger partial charge in [-0.25, -0.2) is 0 Å². The van der Waals surface area contributed by atoms with Crippen LogP contribution < -0.4 is 10.6 Å². The molecule has 1 amide bonds. The lowest BCUT2D eigenvalue weighted by Gasteiger charge is -2.17. The molecule has 3 rings (SSSR count). The molecular weight excluding hydrogens is 188 g/mol. The van der Waals surface area contributed by atoms with Crippen molar-refractivity contribution >= 4 is 5.91 Å². The summed E-state index contributed by atoms with van der Waals surface area (Å²) in [5.74, 6) is 1.26. The van der Waals surface area contributed by atoms with Gasteiger partial charge in [0.2, 0.25) is 5.91 Å². The summed E-state index contributed by atoms with van der Waals surface area (Å²) in [4.78, 5) is 11.0. The Balaban J connectivity index is 1.38. The van der Waals surface area contributed by atoms with E-state index in [1.54, 1.807) is 0 Å². The molecule has 3 nitrogen and oxygen atoms in total. The Morgan fingerprint density at radius 2 is 2.13 bits per heavy atom. The van der Waals surface area contributed by atoms with Crippen LogP contribution in [0.3, 0.4) is 0 Å². The van der Waals surface area contributed by atoms with Gasteiger partial charge in [-0.05, 0) is 43.4 Å². The molecular formula is C12H20N2O. The van der Waals surface area contributed by atoms with Gasteiger partial charge in [-0.2, -0.15) is 0 Å². The van der Waals surface area contributed by atoms with Crippen LogP contribution in [-0.4, -0.2) is 25.0 Å². The predicted octanol–water partition coefficient (Wildman–Crippen LogP) is 1.04. The van der Waals surface area contributed by atoms with Crippen molar-refractivity contribution in [3.8, 4) is 0 Å². The summed E-state index contributed by atoms with van der Waals surface area (Å²) < 4.78 is 0. The van der Waals surface area contributed by atoms with Gasteiger partial charge in [0.1, 0.15) is 0 Å². The van der Waals surface area contributed by atoms with Crippen molar-refractivity contribution in [1.82, 2.24) is 10.6 Å². The second-order valence-electron chi connectivity index (χ2n) is 5.57. The SMILES string of the molecule is O=C1CCC(CNCC2(C3CC3)CC2)N1. The summed E-state index contributed by atoms with van der Waals surface area (Å²) in [6.07, 6.45) is 7.52. The molecule has 2 aliphatic carbocycles. The van der Waals surface area contributed by atoms with E-state index in [1.807, 2.05) is 0 Å². The highest BCUT2D eigenvalue weighted by atomic mass is 16.1. The molecule has 15 heavy (non-hydrogen) atoms. The number of nitrogens with one attached hydrogen (secondary N) is 2. The van der Waals surface area contributed by atoms with Crippen molar-refractivity contribution in [3.63, 3.8) is 0 Å². The number of hydrogen-bond donors (Lipinski definition) is 2. The van der Waals surface area contributed by atoms with Gasteiger partial charge in [0.25, 0.3) is 0 Å². The standard InChI is InChI=1S/C12H20N2O/c15-11-4-3-10(14-11)7-13-8-12(5-6-12)9-1-2-9/h9-10,13H,1-8H2,(H,14,15). The first-order chi connectivity index (χ1) is 7.28. The van der Waals surface area contributed by atoms with Crippen molar-refractivity contribution in [2.75, 3.05) is 13.1 Å². The van der Waals surface area contributed by atoms with E-state index >= 15 is 0 Å². The monoisotopic (exact) mass is 208 g/mol. The van der Waals surface area contributed by atoms with Gasteiger partial charge < -0.3 is 10.6 Å². The molecule has 0 radical (unpaired) electrons. The van der Waals surface area contributed by atoms with E-state index < -0.39 is 0 Å². The molecule has 1 saturated heterocycles. The highest BCUT2D eigenvalue weighted by molar-refractivity contribution is 5.78. The lowest BCUT2D eigenvalue weighted by atomic mass is 10.0. The van der Waals surface area contributed by atoms with Crippen LogP contribution >= 0.6 is 0 Å². The maximum Gasteiger partial charge on any atom is 0.220 e. The Labute approximate surface area is 91.0 Å².